The fraction of sp³-hybridized carbons (Fsp3) is 0.0588. The Balaban J connectivity index is 1.13. The third kappa shape index (κ3) is 4.42. The van der Waals surface area contributed by atoms with Crippen LogP contribution in [0.15, 0.2) is 176 Å². The molecule has 10 aromatic rings. The molecule has 0 saturated carbocycles. The van der Waals surface area contributed by atoms with Gasteiger partial charge in [0.15, 0.2) is 0 Å². The second-order valence-corrected chi connectivity index (χ2v) is 14.9. The first-order valence-electron chi connectivity index (χ1n) is 18.7. The van der Waals surface area contributed by atoms with Crippen LogP contribution in [0.2, 0.25) is 0 Å². The van der Waals surface area contributed by atoms with Crippen LogP contribution >= 0.6 is 0 Å². The van der Waals surface area contributed by atoms with Crippen molar-refractivity contribution in [1.29, 1.82) is 0 Å². The van der Waals surface area contributed by atoms with Crippen LogP contribution in [0.25, 0.3) is 94.1 Å². The summed E-state index contributed by atoms with van der Waals surface area (Å²) in [4.78, 5) is 10.5. The van der Waals surface area contributed by atoms with Crippen LogP contribution in [-0.2, 0) is 5.41 Å². The van der Waals surface area contributed by atoms with E-state index in [1.54, 1.807) is 0 Å². The maximum absolute atomic E-state index is 5.25. The van der Waals surface area contributed by atoms with E-state index in [1.807, 2.05) is 24.3 Å². The van der Waals surface area contributed by atoms with E-state index in [1.165, 1.54) is 66.0 Å². The fourth-order valence-corrected chi connectivity index (χ4v) is 9.08. The molecule has 1 aliphatic rings. The van der Waals surface area contributed by atoms with Gasteiger partial charge in [0.1, 0.15) is 0 Å². The minimum absolute atomic E-state index is 0.189. The predicted molar refractivity (Wildman–Crippen MR) is 225 cm³/mol. The molecule has 0 saturated heterocycles. The Bertz CT molecular complexity index is 3100. The number of hydrogen-bond donors (Lipinski definition) is 0. The molecule has 0 spiro atoms. The fourth-order valence-electron chi connectivity index (χ4n) is 9.08. The number of fused-ring (bicyclic) bond motifs is 11. The van der Waals surface area contributed by atoms with E-state index in [4.69, 9.17) is 9.97 Å². The summed E-state index contributed by atoms with van der Waals surface area (Å²) >= 11 is 0. The SMILES string of the molecule is CC1(C)c2ccccc2-c2c1c1c(c3ccccc23)c2ccccc2n1-c1ccc(-c2nc3ccccc3nc2-c2ccc(-c3ccccc3)cc2)cc1. The van der Waals surface area contributed by atoms with Gasteiger partial charge in [0.05, 0.1) is 33.5 Å². The van der Waals surface area contributed by atoms with Gasteiger partial charge >= 0.3 is 0 Å². The zero-order valence-corrected chi connectivity index (χ0v) is 30.1. The number of para-hydroxylation sites is 3. The highest BCUT2D eigenvalue weighted by molar-refractivity contribution is 6.27. The monoisotopic (exact) mass is 689 g/mol. The molecule has 54 heavy (non-hydrogen) atoms. The Morgan fingerprint density at radius 2 is 0.963 bits per heavy atom. The molecule has 11 rings (SSSR count). The van der Waals surface area contributed by atoms with Gasteiger partial charge in [-0.15, -0.1) is 0 Å². The summed E-state index contributed by atoms with van der Waals surface area (Å²) in [5.74, 6) is 0. The maximum Gasteiger partial charge on any atom is 0.0973 e. The van der Waals surface area contributed by atoms with E-state index in [9.17, 15) is 0 Å². The van der Waals surface area contributed by atoms with Crippen molar-refractivity contribution in [3.8, 4) is 50.5 Å². The number of benzene rings is 8. The third-order valence-electron chi connectivity index (χ3n) is 11.6. The standard InChI is InChI=1S/C51H35N3/c1-51(2)41-20-10-8-18-39(41)45-37-16-6-7-17-38(37)46-40-19-9-13-23-44(40)54(50(46)47(45)51)36-30-28-35(29-31-36)49-48(52-42-21-11-12-22-43(42)53-49)34-26-24-33(25-27-34)32-14-4-3-5-15-32/h3-31H,1-2H3. The summed E-state index contributed by atoms with van der Waals surface area (Å²) in [6.07, 6.45) is 0. The molecule has 0 radical (unpaired) electrons. The van der Waals surface area contributed by atoms with Crippen LogP contribution in [0.5, 0.6) is 0 Å². The van der Waals surface area contributed by atoms with Gasteiger partial charge in [-0.25, -0.2) is 9.97 Å². The highest BCUT2D eigenvalue weighted by atomic mass is 15.0. The Labute approximate surface area is 313 Å². The summed E-state index contributed by atoms with van der Waals surface area (Å²) in [6, 6.07) is 63.1. The number of rotatable bonds is 4. The second-order valence-electron chi connectivity index (χ2n) is 14.9. The first-order valence-corrected chi connectivity index (χ1v) is 18.7. The van der Waals surface area contributed by atoms with Crippen LogP contribution in [-0.4, -0.2) is 14.5 Å². The lowest BCUT2D eigenvalue weighted by atomic mass is 9.80. The smallest absolute Gasteiger partial charge is 0.0973 e. The predicted octanol–water partition coefficient (Wildman–Crippen LogP) is 13.2. The van der Waals surface area contributed by atoms with Gasteiger partial charge in [-0.05, 0) is 74.5 Å². The lowest BCUT2D eigenvalue weighted by Crippen LogP contribution is -2.16. The Morgan fingerprint density at radius 1 is 0.444 bits per heavy atom. The zero-order valence-electron chi connectivity index (χ0n) is 30.1. The van der Waals surface area contributed by atoms with Crippen LogP contribution in [0.4, 0.5) is 0 Å². The average molecular weight is 690 g/mol. The number of aromatic nitrogens is 3. The van der Waals surface area contributed by atoms with E-state index in [0.29, 0.717) is 0 Å². The lowest BCUT2D eigenvalue weighted by molar-refractivity contribution is 0.664. The molecular formula is C51H35N3. The number of hydrogen-bond acceptors (Lipinski definition) is 2. The van der Waals surface area contributed by atoms with Crippen LogP contribution in [0.1, 0.15) is 25.0 Å². The molecule has 2 heterocycles. The summed E-state index contributed by atoms with van der Waals surface area (Å²) in [6.45, 7) is 4.78. The molecule has 0 N–H and O–H groups in total. The van der Waals surface area contributed by atoms with Gasteiger partial charge in [-0.2, -0.15) is 0 Å². The molecule has 0 fully saturated rings. The molecule has 0 atom stereocenters. The van der Waals surface area contributed by atoms with Gasteiger partial charge in [-0.1, -0.05) is 159 Å². The largest absolute Gasteiger partial charge is 0.309 e. The minimum atomic E-state index is -0.189. The zero-order chi connectivity index (χ0) is 36.0. The molecule has 0 bridgehead atoms. The lowest BCUT2D eigenvalue weighted by Gasteiger charge is -2.24. The van der Waals surface area contributed by atoms with Gasteiger partial charge in [-0.3, -0.25) is 0 Å². The summed E-state index contributed by atoms with van der Waals surface area (Å²) < 4.78 is 2.50. The summed E-state index contributed by atoms with van der Waals surface area (Å²) in [5.41, 5.74) is 16.8. The molecule has 2 aromatic heterocycles. The van der Waals surface area contributed by atoms with E-state index in [-0.39, 0.29) is 5.41 Å². The highest BCUT2D eigenvalue weighted by Gasteiger charge is 2.40. The molecule has 8 aromatic carbocycles. The summed E-state index contributed by atoms with van der Waals surface area (Å²) in [7, 11) is 0. The van der Waals surface area contributed by atoms with E-state index >= 15 is 0 Å². The van der Waals surface area contributed by atoms with Gasteiger partial charge in [0.25, 0.3) is 0 Å². The molecule has 0 aliphatic heterocycles. The topological polar surface area (TPSA) is 30.7 Å². The average Bonchev–Trinajstić information content (AvgIpc) is 3.70. The molecule has 0 amide bonds. The first-order chi connectivity index (χ1) is 26.6. The van der Waals surface area contributed by atoms with Crippen molar-refractivity contribution in [2.45, 2.75) is 19.3 Å². The Kier molecular flexibility index (Phi) is 6.60. The quantitative estimate of drug-likeness (QED) is 0.184. The Hall–Kier alpha value is -6.84. The van der Waals surface area contributed by atoms with E-state index < -0.39 is 0 Å². The van der Waals surface area contributed by atoms with Crippen LogP contribution in [0.3, 0.4) is 0 Å². The summed E-state index contributed by atoms with van der Waals surface area (Å²) in [5, 5.41) is 5.19. The van der Waals surface area contributed by atoms with E-state index in [2.05, 4.69) is 170 Å². The van der Waals surface area contributed by atoms with Crippen molar-refractivity contribution in [3.63, 3.8) is 0 Å². The molecule has 3 heteroatoms. The van der Waals surface area contributed by atoms with Gasteiger partial charge in [0.2, 0.25) is 0 Å². The van der Waals surface area contributed by atoms with Crippen molar-refractivity contribution < 1.29 is 0 Å². The molecular weight excluding hydrogens is 655 g/mol. The van der Waals surface area contributed by atoms with E-state index in [0.717, 1.165) is 39.2 Å². The second kappa shape index (κ2) is 11.6. The van der Waals surface area contributed by atoms with Crippen LogP contribution in [0, 0.1) is 0 Å². The third-order valence-corrected chi connectivity index (χ3v) is 11.6. The number of nitrogens with zero attached hydrogens (tertiary/aromatic N) is 3. The van der Waals surface area contributed by atoms with Crippen LogP contribution < -0.4 is 0 Å². The molecule has 3 nitrogen and oxygen atoms in total. The maximum atomic E-state index is 5.25. The van der Waals surface area contributed by atoms with Crippen molar-refractivity contribution in [1.82, 2.24) is 14.5 Å². The van der Waals surface area contributed by atoms with Crippen molar-refractivity contribution in [2.24, 2.45) is 0 Å². The normalized spacial score (nSPS) is 13.1. The van der Waals surface area contributed by atoms with Gasteiger partial charge < -0.3 is 4.57 Å². The van der Waals surface area contributed by atoms with Gasteiger partial charge in [0, 0.05) is 33.0 Å². The molecule has 0 unspecified atom stereocenters. The van der Waals surface area contributed by atoms with Crippen molar-refractivity contribution in [3.05, 3.63) is 187 Å². The first kappa shape index (κ1) is 30.8. The Morgan fingerprint density at radius 3 is 1.67 bits per heavy atom. The molecule has 1 aliphatic carbocycles. The molecule has 254 valence electrons. The van der Waals surface area contributed by atoms with Crippen molar-refractivity contribution >= 4 is 43.6 Å². The van der Waals surface area contributed by atoms with Crippen molar-refractivity contribution in [2.75, 3.05) is 0 Å². The minimum Gasteiger partial charge on any atom is -0.309 e. The highest BCUT2D eigenvalue weighted by Crippen LogP contribution is 2.56.